The van der Waals surface area contributed by atoms with Gasteiger partial charge < -0.3 is 9.47 Å². The molecule has 160 valence electrons. The molecule has 1 N–H and O–H groups in total. The molecule has 3 rings (SSSR count). The molecule has 2 aromatic rings. The molecule has 7 nitrogen and oxygen atoms in total. The Kier molecular flexibility index (Phi) is 7.32. The first-order chi connectivity index (χ1) is 14.8. The lowest BCUT2D eigenvalue weighted by molar-refractivity contribution is -0.132. The van der Waals surface area contributed by atoms with Crippen molar-refractivity contribution in [3.05, 3.63) is 63.5 Å². The normalized spacial score (nSPS) is 14.7. The van der Waals surface area contributed by atoms with Gasteiger partial charge in [-0.15, -0.1) is 0 Å². The average Bonchev–Trinajstić information content (AvgIpc) is 2.97. The highest BCUT2D eigenvalue weighted by atomic mass is 35.5. The van der Waals surface area contributed by atoms with Gasteiger partial charge in [-0.3, -0.25) is 19.8 Å². The Balaban J connectivity index is 1.79. The van der Waals surface area contributed by atoms with Gasteiger partial charge in [0.2, 0.25) is 0 Å². The summed E-state index contributed by atoms with van der Waals surface area (Å²) >= 11 is 12.1. The van der Waals surface area contributed by atoms with E-state index < -0.39 is 17.8 Å². The second-order valence-corrected chi connectivity index (χ2v) is 8.31. The fourth-order valence-electron chi connectivity index (χ4n) is 2.60. The van der Waals surface area contributed by atoms with Crippen molar-refractivity contribution >= 4 is 63.8 Å². The average molecular weight is 477 g/mol. The van der Waals surface area contributed by atoms with Crippen LogP contribution in [0.15, 0.2) is 47.4 Å². The van der Waals surface area contributed by atoms with Gasteiger partial charge in [0.15, 0.2) is 15.8 Å². The molecule has 31 heavy (non-hydrogen) atoms. The lowest BCUT2D eigenvalue weighted by Crippen LogP contribution is -2.44. The fraction of sp³-hybridized carbons (Fsp3) is 0.143. The van der Waals surface area contributed by atoms with Crippen molar-refractivity contribution in [3.63, 3.8) is 0 Å². The first-order valence-electron chi connectivity index (χ1n) is 9.08. The van der Waals surface area contributed by atoms with Crippen LogP contribution in [0.2, 0.25) is 5.02 Å². The Morgan fingerprint density at radius 1 is 1.19 bits per heavy atom. The number of nitrogens with zero attached hydrogens (tertiary/aromatic N) is 1. The molecule has 0 unspecified atom stereocenters. The van der Waals surface area contributed by atoms with Crippen LogP contribution in [0.4, 0.5) is 0 Å². The molecule has 0 bridgehead atoms. The Hall–Kier alpha value is -2.88. The summed E-state index contributed by atoms with van der Waals surface area (Å²) in [6.07, 6.45) is 1.62. The zero-order chi connectivity index (χ0) is 22.5. The molecule has 0 radical (unpaired) electrons. The number of rotatable bonds is 6. The van der Waals surface area contributed by atoms with Crippen LogP contribution in [-0.2, 0) is 9.59 Å². The van der Waals surface area contributed by atoms with E-state index in [2.05, 4.69) is 5.43 Å². The zero-order valence-electron chi connectivity index (χ0n) is 16.5. The second-order valence-electron chi connectivity index (χ2n) is 6.20. The number of amides is 2. The molecule has 0 atom stereocenters. The summed E-state index contributed by atoms with van der Waals surface area (Å²) in [5.74, 6) is -0.754. The smallest absolute Gasteiger partial charge is 0.308 e. The SMILES string of the molecule is CCOc1cc(/C=C2/SC(=S)N(NC(=O)c3ccc(Cl)cc3)C2=O)ccc1OC(C)=O. The van der Waals surface area contributed by atoms with E-state index in [0.29, 0.717) is 33.4 Å². The van der Waals surface area contributed by atoms with Crippen molar-refractivity contribution in [2.75, 3.05) is 6.61 Å². The first kappa shape index (κ1) is 22.8. The van der Waals surface area contributed by atoms with Crippen LogP contribution in [0.3, 0.4) is 0 Å². The summed E-state index contributed by atoms with van der Waals surface area (Å²) in [5, 5.41) is 1.52. The molecule has 1 aliphatic heterocycles. The van der Waals surface area contributed by atoms with Crippen LogP contribution >= 0.6 is 35.6 Å². The Bertz CT molecular complexity index is 1090. The first-order valence-corrected chi connectivity index (χ1v) is 10.7. The van der Waals surface area contributed by atoms with Crippen molar-refractivity contribution in [1.29, 1.82) is 0 Å². The van der Waals surface area contributed by atoms with Gasteiger partial charge >= 0.3 is 5.97 Å². The molecule has 0 spiro atoms. The summed E-state index contributed by atoms with van der Waals surface area (Å²) in [6.45, 7) is 3.47. The van der Waals surface area contributed by atoms with Crippen LogP contribution < -0.4 is 14.9 Å². The van der Waals surface area contributed by atoms with E-state index in [1.807, 2.05) is 0 Å². The molecular weight excluding hydrogens is 460 g/mol. The van der Waals surface area contributed by atoms with Crippen molar-refractivity contribution in [3.8, 4) is 11.5 Å². The van der Waals surface area contributed by atoms with Gasteiger partial charge in [0, 0.05) is 17.5 Å². The number of nitrogens with one attached hydrogen (secondary N) is 1. The van der Waals surface area contributed by atoms with Gasteiger partial charge in [0.1, 0.15) is 0 Å². The molecule has 1 saturated heterocycles. The zero-order valence-corrected chi connectivity index (χ0v) is 18.9. The highest BCUT2D eigenvalue weighted by molar-refractivity contribution is 8.26. The van der Waals surface area contributed by atoms with Gasteiger partial charge in [-0.05, 0) is 67.2 Å². The summed E-state index contributed by atoms with van der Waals surface area (Å²) in [7, 11) is 0. The van der Waals surface area contributed by atoms with Gasteiger partial charge in [-0.25, -0.2) is 0 Å². The molecule has 1 aliphatic rings. The number of halogens is 1. The van der Waals surface area contributed by atoms with Crippen molar-refractivity contribution in [1.82, 2.24) is 10.4 Å². The van der Waals surface area contributed by atoms with Crippen LogP contribution in [-0.4, -0.2) is 33.7 Å². The van der Waals surface area contributed by atoms with Crippen LogP contribution in [0.5, 0.6) is 11.5 Å². The molecule has 1 heterocycles. The van der Waals surface area contributed by atoms with E-state index in [0.717, 1.165) is 16.8 Å². The fourth-order valence-corrected chi connectivity index (χ4v) is 3.91. The quantitative estimate of drug-likeness (QED) is 0.289. The lowest BCUT2D eigenvalue weighted by Gasteiger charge is -2.15. The number of esters is 1. The van der Waals surface area contributed by atoms with Gasteiger partial charge in [0.05, 0.1) is 11.5 Å². The van der Waals surface area contributed by atoms with E-state index in [-0.39, 0.29) is 10.1 Å². The molecule has 10 heteroatoms. The summed E-state index contributed by atoms with van der Waals surface area (Å²) in [4.78, 5) is 36.8. The minimum absolute atomic E-state index is 0.195. The molecule has 1 fully saturated rings. The highest BCUT2D eigenvalue weighted by Crippen LogP contribution is 2.34. The maximum atomic E-state index is 12.8. The third-order valence-electron chi connectivity index (χ3n) is 3.93. The molecule has 2 aromatic carbocycles. The third kappa shape index (κ3) is 5.63. The van der Waals surface area contributed by atoms with Crippen LogP contribution in [0.25, 0.3) is 6.08 Å². The number of thiocarbonyl (C=S) groups is 1. The molecule has 0 saturated carbocycles. The number of hydrogen-bond donors (Lipinski definition) is 1. The standard InChI is InChI=1S/C21H17ClN2O5S2/c1-3-28-17-10-13(4-9-16(17)29-12(2)25)11-18-20(27)24(21(30)31-18)23-19(26)14-5-7-15(22)8-6-14/h4-11H,3H2,1-2H3,(H,23,26)/b18-11+. The molecule has 0 aliphatic carbocycles. The van der Waals surface area contributed by atoms with Gasteiger partial charge in [-0.2, -0.15) is 5.01 Å². The number of benzene rings is 2. The van der Waals surface area contributed by atoms with Crippen molar-refractivity contribution in [2.24, 2.45) is 0 Å². The third-order valence-corrected chi connectivity index (χ3v) is 5.49. The number of carbonyl (C=O) groups is 3. The predicted molar refractivity (Wildman–Crippen MR) is 123 cm³/mol. The minimum atomic E-state index is -0.487. The van der Waals surface area contributed by atoms with Crippen LogP contribution in [0.1, 0.15) is 29.8 Å². The summed E-state index contributed by atoms with van der Waals surface area (Å²) in [6, 6.07) is 11.2. The number of ether oxygens (including phenoxy) is 2. The lowest BCUT2D eigenvalue weighted by atomic mass is 10.2. The Morgan fingerprint density at radius 3 is 2.55 bits per heavy atom. The van der Waals surface area contributed by atoms with E-state index >= 15 is 0 Å². The largest absolute Gasteiger partial charge is 0.490 e. The monoisotopic (exact) mass is 476 g/mol. The van der Waals surface area contributed by atoms with E-state index in [1.54, 1.807) is 55.5 Å². The minimum Gasteiger partial charge on any atom is -0.490 e. The number of hydrazine groups is 1. The van der Waals surface area contributed by atoms with Crippen molar-refractivity contribution < 1.29 is 23.9 Å². The van der Waals surface area contributed by atoms with Gasteiger partial charge in [-0.1, -0.05) is 29.4 Å². The highest BCUT2D eigenvalue weighted by Gasteiger charge is 2.33. The maximum absolute atomic E-state index is 12.8. The molecule has 2 amide bonds. The summed E-state index contributed by atoms with van der Waals surface area (Å²) in [5.41, 5.74) is 3.49. The predicted octanol–water partition coefficient (Wildman–Crippen LogP) is 4.21. The van der Waals surface area contributed by atoms with Crippen molar-refractivity contribution in [2.45, 2.75) is 13.8 Å². The topological polar surface area (TPSA) is 84.9 Å². The Labute approximate surface area is 193 Å². The molecule has 0 aromatic heterocycles. The van der Waals surface area contributed by atoms with E-state index in [1.165, 1.54) is 6.92 Å². The van der Waals surface area contributed by atoms with Gasteiger partial charge in [0.25, 0.3) is 11.8 Å². The second kappa shape index (κ2) is 9.95. The Morgan fingerprint density at radius 2 is 1.90 bits per heavy atom. The number of carbonyl (C=O) groups excluding carboxylic acids is 3. The van der Waals surface area contributed by atoms with E-state index in [9.17, 15) is 14.4 Å². The summed E-state index contributed by atoms with van der Waals surface area (Å²) < 4.78 is 10.8. The van der Waals surface area contributed by atoms with E-state index in [4.69, 9.17) is 33.3 Å². The molecular formula is C21H17ClN2O5S2. The maximum Gasteiger partial charge on any atom is 0.308 e. The number of hydrogen-bond acceptors (Lipinski definition) is 7. The van der Waals surface area contributed by atoms with Crippen LogP contribution in [0, 0.1) is 0 Å². The number of thioether (sulfide) groups is 1.